The number of alkyl halides is 3. The van der Waals surface area contributed by atoms with Crippen molar-refractivity contribution >= 4 is 23.4 Å². The number of pyridine rings is 1. The number of amides is 2. The number of carbonyl (C=O) groups excluding carboxylic acids is 1. The van der Waals surface area contributed by atoms with Gasteiger partial charge in [-0.2, -0.15) is 13.2 Å². The van der Waals surface area contributed by atoms with Gasteiger partial charge in [0, 0.05) is 32.9 Å². The number of urea groups is 1. The topological polar surface area (TPSA) is 71.5 Å². The van der Waals surface area contributed by atoms with E-state index in [0.29, 0.717) is 41.7 Å². The van der Waals surface area contributed by atoms with Crippen LogP contribution in [0.2, 0.25) is 5.02 Å². The van der Waals surface area contributed by atoms with E-state index in [4.69, 9.17) is 16.3 Å². The molecule has 0 aliphatic rings. The summed E-state index contributed by atoms with van der Waals surface area (Å²) in [7, 11) is 3.29. The molecular weight excluding hydrogens is 471 g/mol. The Kier molecular flexibility index (Phi) is 7.93. The lowest BCUT2D eigenvalue weighted by Gasteiger charge is -2.26. The molecule has 0 bridgehead atoms. The number of hydrogen-bond acceptors (Lipinski definition) is 5. The number of nitrogens with zero attached hydrogens (tertiary/aromatic N) is 5. The first-order chi connectivity index (χ1) is 16.1. The van der Waals surface area contributed by atoms with Crippen LogP contribution in [0, 0.1) is 0 Å². The lowest BCUT2D eigenvalue weighted by atomic mass is 10.1. The van der Waals surface area contributed by atoms with Crippen molar-refractivity contribution in [3.63, 3.8) is 0 Å². The van der Waals surface area contributed by atoms with Gasteiger partial charge in [-0.1, -0.05) is 30.7 Å². The fourth-order valence-corrected chi connectivity index (χ4v) is 3.39. The third kappa shape index (κ3) is 6.13. The summed E-state index contributed by atoms with van der Waals surface area (Å²) in [4.78, 5) is 27.8. The Labute approximate surface area is 200 Å². The highest BCUT2D eigenvalue weighted by molar-refractivity contribution is 6.34. The summed E-state index contributed by atoms with van der Waals surface area (Å²) < 4.78 is 43.5. The first kappa shape index (κ1) is 25.2. The van der Waals surface area contributed by atoms with E-state index in [1.165, 1.54) is 16.1 Å². The first-order valence-corrected chi connectivity index (χ1v) is 10.8. The molecule has 3 aromatic rings. The van der Waals surface area contributed by atoms with Crippen LogP contribution in [-0.4, -0.2) is 46.5 Å². The molecule has 0 unspecified atom stereocenters. The van der Waals surface area contributed by atoms with Gasteiger partial charge in [-0.3, -0.25) is 4.90 Å². The van der Waals surface area contributed by atoms with Gasteiger partial charge in [0.05, 0.1) is 11.3 Å². The van der Waals surface area contributed by atoms with Crippen LogP contribution in [0.25, 0.3) is 0 Å². The zero-order chi connectivity index (χ0) is 24.9. The minimum atomic E-state index is -4.46. The van der Waals surface area contributed by atoms with Gasteiger partial charge >= 0.3 is 12.2 Å². The molecule has 3 rings (SSSR count). The van der Waals surface area contributed by atoms with Gasteiger partial charge in [0.15, 0.2) is 5.82 Å². The van der Waals surface area contributed by atoms with Crippen LogP contribution in [-0.2, 0) is 19.0 Å². The largest absolute Gasteiger partial charge is 0.439 e. The van der Waals surface area contributed by atoms with Gasteiger partial charge in [-0.15, -0.1) is 0 Å². The average molecular weight is 494 g/mol. The minimum absolute atomic E-state index is 0.0497. The average Bonchev–Trinajstić information content (AvgIpc) is 2.80. The van der Waals surface area contributed by atoms with Crippen LogP contribution < -0.4 is 9.64 Å². The molecule has 0 aliphatic carbocycles. The fraction of sp³-hybridized carbons (Fsp3) is 0.304. The Morgan fingerprint density at radius 1 is 1.06 bits per heavy atom. The van der Waals surface area contributed by atoms with Crippen LogP contribution in [0.5, 0.6) is 11.6 Å². The highest BCUT2D eigenvalue weighted by atomic mass is 35.5. The van der Waals surface area contributed by atoms with Gasteiger partial charge in [0.1, 0.15) is 17.1 Å². The van der Waals surface area contributed by atoms with Crippen LogP contribution in [0.1, 0.15) is 23.7 Å². The Morgan fingerprint density at radius 3 is 2.32 bits per heavy atom. The molecule has 2 aromatic heterocycles. The normalized spacial score (nSPS) is 11.3. The molecule has 2 heterocycles. The smallest absolute Gasteiger partial charge is 0.417 e. The molecule has 1 aromatic carbocycles. The molecule has 0 saturated carbocycles. The maximum absolute atomic E-state index is 12.8. The van der Waals surface area contributed by atoms with Gasteiger partial charge < -0.3 is 9.64 Å². The summed E-state index contributed by atoms with van der Waals surface area (Å²) in [5.74, 6) is 0.817. The lowest BCUT2D eigenvalue weighted by Crippen LogP contribution is -2.41. The van der Waals surface area contributed by atoms with Crippen LogP contribution in [0.4, 0.5) is 23.8 Å². The highest BCUT2D eigenvalue weighted by Gasteiger charge is 2.30. The maximum atomic E-state index is 12.8. The first-order valence-electron chi connectivity index (χ1n) is 10.4. The van der Waals surface area contributed by atoms with Gasteiger partial charge in [-0.25, -0.2) is 19.7 Å². The van der Waals surface area contributed by atoms with Crippen molar-refractivity contribution in [2.24, 2.45) is 0 Å². The highest BCUT2D eigenvalue weighted by Crippen LogP contribution is 2.30. The van der Waals surface area contributed by atoms with E-state index in [1.54, 1.807) is 38.4 Å². The third-order valence-electron chi connectivity index (χ3n) is 4.88. The molecule has 180 valence electrons. The summed E-state index contributed by atoms with van der Waals surface area (Å²) in [6, 6.07) is 8.77. The second-order valence-electron chi connectivity index (χ2n) is 7.52. The van der Waals surface area contributed by atoms with Gasteiger partial charge in [-0.05, 0) is 36.6 Å². The van der Waals surface area contributed by atoms with E-state index < -0.39 is 11.7 Å². The summed E-state index contributed by atoms with van der Waals surface area (Å²) in [5, 5.41) is 0.341. The van der Waals surface area contributed by atoms with Crippen LogP contribution in [0.3, 0.4) is 0 Å². The van der Waals surface area contributed by atoms with E-state index in [9.17, 15) is 18.0 Å². The molecule has 0 N–H and O–H groups in total. The van der Waals surface area contributed by atoms with E-state index in [-0.39, 0.29) is 11.9 Å². The number of ether oxygens (including phenoxy) is 1. The molecule has 11 heteroatoms. The summed E-state index contributed by atoms with van der Waals surface area (Å²) in [6.45, 7) is 2.23. The number of aromatic nitrogens is 3. The molecule has 2 amide bonds. The van der Waals surface area contributed by atoms with Crippen molar-refractivity contribution in [1.82, 2.24) is 19.9 Å². The van der Waals surface area contributed by atoms with E-state index >= 15 is 0 Å². The van der Waals surface area contributed by atoms with Crippen molar-refractivity contribution in [1.29, 1.82) is 0 Å². The van der Waals surface area contributed by atoms with Crippen molar-refractivity contribution in [3.8, 4) is 11.6 Å². The number of aryl methyl sites for hydroxylation is 1. The van der Waals surface area contributed by atoms with Gasteiger partial charge in [0.25, 0.3) is 0 Å². The number of carbonyl (C=O) groups is 1. The predicted molar refractivity (Wildman–Crippen MR) is 122 cm³/mol. The van der Waals surface area contributed by atoms with E-state index in [2.05, 4.69) is 15.0 Å². The quantitative estimate of drug-likeness (QED) is 0.426. The van der Waals surface area contributed by atoms with Crippen molar-refractivity contribution in [3.05, 3.63) is 70.8 Å². The zero-order valence-corrected chi connectivity index (χ0v) is 19.6. The van der Waals surface area contributed by atoms with E-state index in [0.717, 1.165) is 23.9 Å². The van der Waals surface area contributed by atoms with Crippen molar-refractivity contribution < 1.29 is 22.7 Å². The molecule has 7 nitrogen and oxygen atoms in total. The Balaban J connectivity index is 1.70. The Bertz CT molecular complexity index is 1120. The Hall–Kier alpha value is -3.40. The summed E-state index contributed by atoms with van der Waals surface area (Å²) in [5.41, 5.74) is 0.716. The lowest BCUT2D eigenvalue weighted by molar-refractivity contribution is -0.137. The zero-order valence-electron chi connectivity index (χ0n) is 18.8. The minimum Gasteiger partial charge on any atom is -0.439 e. The maximum Gasteiger partial charge on any atom is 0.417 e. The number of rotatable bonds is 7. The van der Waals surface area contributed by atoms with Gasteiger partial charge in [0.2, 0.25) is 5.88 Å². The number of hydrogen-bond donors (Lipinski definition) is 0. The van der Waals surface area contributed by atoms with Crippen molar-refractivity contribution in [2.45, 2.75) is 25.9 Å². The summed E-state index contributed by atoms with van der Waals surface area (Å²) in [6.07, 6.45) is -1.24. The van der Waals surface area contributed by atoms with Crippen LogP contribution >= 0.6 is 11.6 Å². The molecule has 0 atom stereocenters. The Morgan fingerprint density at radius 2 is 1.76 bits per heavy atom. The SMILES string of the molecule is CCc1ncnc(N(CCc2ccc(Oc3ccc(C(F)(F)F)cn3)cc2)C(=O)N(C)C)c1Cl. The third-order valence-corrected chi connectivity index (χ3v) is 5.27. The molecule has 0 fully saturated rings. The molecular formula is C23H23ClF3N5O2. The predicted octanol–water partition coefficient (Wildman–Crippen LogP) is 5.63. The number of halogens is 4. The molecule has 0 saturated heterocycles. The number of benzene rings is 1. The number of anilines is 1. The van der Waals surface area contributed by atoms with Crippen molar-refractivity contribution in [2.75, 3.05) is 25.5 Å². The second-order valence-corrected chi connectivity index (χ2v) is 7.90. The molecule has 0 spiro atoms. The fourth-order valence-electron chi connectivity index (χ4n) is 3.06. The van der Waals surface area contributed by atoms with E-state index in [1.807, 2.05) is 6.92 Å². The second kappa shape index (κ2) is 10.7. The van der Waals surface area contributed by atoms with Crippen LogP contribution in [0.15, 0.2) is 48.9 Å². The monoisotopic (exact) mass is 493 g/mol. The standard InChI is InChI=1S/C23H23ClF3N5O2/c1-4-18-20(24)21(30-14-29-18)32(22(33)31(2)3)12-11-15-5-8-17(9-6-15)34-19-10-7-16(13-28-19)23(25,26)27/h5-10,13-14H,4,11-12H2,1-3H3. The molecule has 0 aliphatic heterocycles. The molecule has 0 radical (unpaired) electrons. The molecule has 34 heavy (non-hydrogen) atoms. The summed E-state index contributed by atoms with van der Waals surface area (Å²) >= 11 is 6.44.